The number of amides is 1. The molecule has 1 unspecified atom stereocenters. The van der Waals surface area contributed by atoms with Gasteiger partial charge in [0.1, 0.15) is 11.4 Å². The van der Waals surface area contributed by atoms with Gasteiger partial charge in [0.15, 0.2) is 0 Å². The van der Waals surface area contributed by atoms with E-state index in [1.165, 1.54) is 10.9 Å². The van der Waals surface area contributed by atoms with Gasteiger partial charge in [0.25, 0.3) is 5.91 Å². The largest absolute Gasteiger partial charge is 0.391 e. The van der Waals surface area contributed by atoms with Gasteiger partial charge in [0.05, 0.1) is 12.3 Å². The Labute approximate surface area is 87.3 Å². The van der Waals surface area contributed by atoms with Crippen LogP contribution in [0.1, 0.15) is 16.8 Å². The fourth-order valence-corrected chi connectivity index (χ4v) is 1.71. The molecule has 1 saturated heterocycles. The van der Waals surface area contributed by atoms with Crippen LogP contribution in [0.4, 0.5) is 5.82 Å². The Bertz CT molecular complexity index is 387. The number of carbonyl (C=O) groups is 1. The zero-order valence-corrected chi connectivity index (χ0v) is 8.55. The van der Waals surface area contributed by atoms with Crippen LogP contribution in [0.15, 0.2) is 6.20 Å². The lowest BCUT2D eigenvalue weighted by atomic mass is 10.3. The van der Waals surface area contributed by atoms with Gasteiger partial charge in [-0.3, -0.25) is 9.48 Å². The maximum absolute atomic E-state index is 11.9. The number of aryl methyl sites for hydroxylation is 1. The van der Waals surface area contributed by atoms with Crippen LogP contribution < -0.4 is 5.73 Å². The van der Waals surface area contributed by atoms with E-state index in [4.69, 9.17) is 5.73 Å². The average molecular weight is 210 g/mol. The molecule has 1 atom stereocenters. The predicted octanol–water partition coefficient (Wildman–Crippen LogP) is -0.791. The Kier molecular flexibility index (Phi) is 2.36. The number of anilines is 1. The van der Waals surface area contributed by atoms with Crippen LogP contribution in [0.5, 0.6) is 0 Å². The highest BCUT2D eigenvalue weighted by atomic mass is 16.3. The number of aromatic nitrogens is 2. The number of hydrogen-bond donors (Lipinski definition) is 2. The molecule has 1 amide bonds. The molecule has 1 fully saturated rings. The molecule has 0 aromatic carbocycles. The van der Waals surface area contributed by atoms with E-state index in [1.54, 1.807) is 11.9 Å². The Hall–Kier alpha value is -1.56. The summed E-state index contributed by atoms with van der Waals surface area (Å²) < 4.78 is 1.46. The standard InChI is InChI=1S/C9H14N4O2/c1-12-8(10)7(4-11-12)9(15)13-3-2-6(14)5-13/h4,6,14H,2-3,5,10H2,1H3. The molecule has 1 aliphatic heterocycles. The minimum Gasteiger partial charge on any atom is -0.391 e. The topological polar surface area (TPSA) is 84.4 Å². The molecule has 3 N–H and O–H groups in total. The molecule has 1 aromatic rings. The molecular formula is C9H14N4O2. The van der Waals surface area contributed by atoms with Gasteiger partial charge in [0, 0.05) is 20.1 Å². The van der Waals surface area contributed by atoms with E-state index in [-0.39, 0.29) is 5.91 Å². The minimum atomic E-state index is -0.410. The Balaban J connectivity index is 2.18. The van der Waals surface area contributed by atoms with Crippen molar-refractivity contribution in [3.05, 3.63) is 11.8 Å². The minimum absolute atomic E-state index is 0.155. The van der Waals surface area contributed by atoms with E-state index < -0.39 is 6.10 Å². The van der Waals surface area contributed by atoms with Crippen LogP contribution in [0.3, 0.4) is 0 Å². The lowest BCUT2D eigenvalue weighted by molar-refractivity contribution is 0.0766. The summed E-state index contributed by atoms with van der Waals surface area (Å²) in [5.74, 6) is 0.207. The van der Waals surface area contributed by atoms with Crippen molar-refractivity contribution in [1.29, 1.82) is 0 Å². The van der Waals surface area contributed by atoms with Gasteiger partial charge in [-0.25, -0.2) is 0 Å². The molecule has 82 valence electrons. The summed E-state index contributed by atoms with van der Waals surface area (Å²) in [6, 6.07) is 0. The van der Waals surface area contributed by atoms with Gasteiger partial charge >= 0.3 is 0 Å². The maximum atomic E-state index is 11.9. The smallest absolute Gasteiger partial charge is 0.259 e. The first kappa shape index (κ1) is 9.97. The number of β-amino-alcohol motifs (C(OH)–C–C–N with tert-alkyl or cyclic N) is 1. The number of nitrogens with zero attached hydrogens (tertiary/aromatic N) is 3. The molecule has 2 heterocycles. The molecule has 6 heteroatoms. The highest BCUT2D eigenvalue weighted by molar-refractivity contribution is 5.98. The number of aliphatic hydroxyl groups excluding tert-OH is 1. The van der Waals surface area contributed by atoms with Crippen LogP contribution in [-0.2, 0) is 7.05 Å². The number of rotatable bonds is 1. The number of likely N-dealkylation sites (tertiary alicyclic amines) is 1. The van der Waals surface area contributed by atoms with E-state index in [0.717, 1.165) is 0 Å². The van der Waals surface area contributed by atoms with Crippen LogP contribution in [0.25, 0.3) is 0 Å². The molecule has 0 radical (unpaired) electrons. The highest BCUT2D eigenvalue weighted by Gasteiger charge is 2.27. The van der Waals surface area contributed by atoms with Crippen LogP contribution in [0, 0.1) is 0 Å². The van der Waals surface area contributed by atoms with E-state index in [0.29, 0.717) is 30.9 Å². The first-order chi connectivity index (χ1) is 7.09. The first-order valence-electron chi connectivity index (χ1n) is 4.84. The third-order valence-electron chi connectivity index (χ3n) is 2.67. The van der Waals surface area contributed by atoms with Gasteiger partial charge in [-0.1, -0.05) is 0 Å². The van der Waals surface area contributed by atoms with Crippen molar-refractivity contribution < 1.29 is 9.90 Å². The molecule has 0 spiro atoms. The Morgan fingerprint density at radius 3 is 2.93 bits per heavy atom. The number of hydrogen-bond acceptors (Lipinski definition) is 4. The fourth-order valence-electron chi connectivity index (χ4n) is 1.71. The van der Waals surface area contributed by atoms with Crippen LogP contribution >= 0.6 is 0 Å². The van der Waals surface area contributed by atoms with Crippen molar-refractivity contribution in [3.63, 3.8) is 0 Å². The third kappa shape index (κ3) is 1.68. The molecule has 1 aromatic heterocycles. The number of carbonyl (C=O) groups excluding carboxylic acids is 1. The molecule has 15 heavy (non-hydrogen) atoms. The summed E-state index contributed by atoms with van der Waals surface area (Å²) in [6.45, 7) is 0.960. The SMILES string of the molecule is Cn1ncc(C(=O)N2CCC(O)C2)c1N. The second-order valence-corrected chi connectivity index (χ2v) is 3.76. The Morgan fingerprint density at radius 1 is 1.73 bits per heavy atom. The lowest BCUT2D eigenvalue weighted by Gasteiger charge is -2.14. The van der Waals surface area contributed by atoms with Crippen LogP contribution in [0.2, 0.25) is 0 Å². The molecule has 0 aliphatic carbocycles. The summed E-state index contributed by atoms with van der Waals surface area (Å²) in [7, 11) is 1.69. The molecule has 2 rings (SSSR count). The molecule has 0 saturated carbocycles. The highest BCUT2D eigenvalue weighted by Crippen LogP contribution is 2.17. The fraction of sp³-hybridized carbons (Fsp3) is 0.556. The second kappa shape index (κ2) is 3.54. The van der Waals surface area contributed by atoms with E-state index in [9.17, 15) is 9.90 Å². The lowest BCUT2D eigenvalue weighted by Crippen LogP contribution is -2.29. The summed E-state index contributed by atoms with van der Waals surface area (Å²) >= 11 is 0. The summed E-state index contributed by atoms with van der Waals surface area (Å²) in [6.07, 6.45) is 1.68. The predicted molar refractivity (Wildman–Crippen MR) is 54.1 cm³/mol. The van der Waals surface area contributed by atoms with Crippen molar-refractivity contribution in [2.24, 2.45) is 7.05 Å². The van der Waals surface area contributed by atoms with Gasteiger partial charge < -0.3 is 15.7 Å². The van der Waals surface area contributed by atoms with Gasteiger partial charge in [-0.15, -0.1) is 0 Å². The maximum Gasteiger partial charge on any atom is 0.259 e. The molecular weight excluding hydrogens is 196 g/mol. The zero-order valence-electron chi connectivity index (χ0n) is 8.55. The monoisotopic (exact) mass is 210 g/mol. The van der Waals surface area contributed by atoms with Crippen molar-refractivity contribution in [2.45, 2.75) is 12.5 Å². The number of aliphatic hydroxyl groups is 1. The van der Waals surface area contributed by atoms with Gasteiger partial charge in [-0.2, -0.15) is 5.10 Å². The van der Waals surface area contributed by atoms with Crippen molar-refractivity contribution in [2.75, 3.05) is 18.8 Å². The summed E-state index contributed by atoms with van der Waals surface area (Å²) in [5, 5.41) is 13.2. The summed E-state index contributed by atoms with van der Waals surface area (Å²) in [4.78, 5) is 13.5. The number of nitrogen functional groups attached to an aromatic ring is 1. The average Bonchev–Trinajstić information content (AvgIpc) is 2.75. The second-order valence-electron chi connectivity index (χ2n) is 3.76. The first-order valence-corrected chi connectivity index (χ1v) is 4.84. The molecule has 0 bridgehead atoms. The normalized spacial score (nSPS) is 20.9. The van der Waals surface area contributed by atoms with E-state index in [1.807, 2.05) is 0 Å². The summed E-state index contributed by atoms with van der Waals surface area (Å²) in [5.41, 5.74) is 6.11. The van der Waals surface area contributed by atoms with Crippen molar-refractivity contribution in [1.82, 2.24) is 14.7 Å². The Morgan fingerprint density at radius 2 is 2.47 bits per heavy atom. The molecule has 6 nitrogen and oxygen atoms in total. The van der Waals surface area contributed by atoms with Crippen molar-refractivity contribution in [3.8, 4) is 0 Å². The third-order valence-corrected chi connectivity index (χ3v) is 2.67. The van der Waals surface area contributed by atoms with Crippen LogP contribution in [-0.4, -0.2) is 44.9 Å². The molecule has 1 aliphatic rings. The van der Waals surface area contributed by atoms with Gasteiger partial charge in [-0.05, 0) is 6.42 Å². The zero-order chi connectivity index (χ0) is 11.0. The number of nitrogens with two attached hydrogens (primary N) is 1. The van der Waals surface area contributed by atoms with E-state index >= 15 is 0 Å². The van der Waals surface area contributed by atoms with Gasteiger partial charge in [0.2, 0.25) is 0 Å². The quantitative estimate of drug-likeness (QED) is 0.636. The van der Waals surface area contributed by atoms with Crippen molar-refractivity contribution >= 4 is 11.7 Å². The van der Waals surface area contributed by atoms with E-state index in [2.05, 4.69) is 5.10 Å².